The van der Waals surface area contributed by atoms with Gasteiger partial charge in [0, 0.05) is 19.9 Å². The summed E-state index contributed by atoms with van der Waals surface area (Å²) in [5.74, 6) is 0.0429. The molecule has 84 valence electrons. The smallest absolute Gasteiger partial charge is 0.229 e. The number of hydrogen-bond donors (Lipinski definition) is 0. The third kappa shape index (κ3) is 2.06. The van der Waals surface area contributed by atoms with Gasteiger partial charge in [-0.15, -0.1) is 0 Å². The molecule has 0 atom stereocenters. The van der Waals surface area contributed by atoms with E-state index >= 15 is 0 Å². The van der Waals surface area contributed by atoms with Crippen LogP contribution in [-0.2, 0) is 9.59 Å². The highest BCUT2D eigenvalue weighted by Gasteiger charge is 2.41. The molecule has 1 heterocycles. The van der Waals surface area contributed by atoms with Gasteiger partial charge in [-0.25, -0.2) is 0 Å². The van der Waals surface area contributed by atoms with Crippen molar-refractivity contribution in [3.05, 3.63) is 0 Å². The molecule has 1 saturated heterocycles. The van der Waals surface area contributed by atoms with Gasteiger partial charge in [-0.3, -0.25) is 14.5 Å². The van der Waals surface area contributed by atoms with E-state index in [-0.39, 0.29) is 17.2 Å². The van der Waals surface area contributed by atoms with Crippen molar-refractivity contribution in [1.82, 2.24) is 4.90 Å². The van der Waals surface area contributed by atoms with Crippen molar-refractivity contribution in [2.45, 2.75) is 51.4 Å². The lowest BCUT2D eigenvalue weighted by molar-refractivity contribution is -0.152. The van der Waals surface area contributed by atoms with E-state index in [9.17, 15) is 9.59 Å². The second kappa shape index (κ2) is 3.95. The number of likely N-dealkylation sites (tertiary alicyclic amines) is 1. The van der Waals surface area contributed by atoms with Crippen LogP contribution in [0.15, 0.2) is 0 Å². The van der Waals surface area contributed by atoms with Crippen LogP contribution < -0.4 is 0 Å². The van der Waals surface area contributed by atoms with Crippen molar-refractivity contribution in [3.8, 4) is 0 Å². The molecule has 0 bridgehead atoms. The number of carbonyl (C=O) groups excluding carboxylic acids is 2. The van der Waals surface area contributed by atoms with Crippen LogP contribution in [0.5, 0.6) is 0 Å². The van der Waals surface area contributed by atoms with Gasteiger partial charge in [-0.1, -0.05) is 25.7 Å². The Kier molecular flexibility index (Phi) is 2.81. The number of nitrogens with zero attached hydrogens (tertiary/aromatic N) is 1. The fourth-order valence-electron chi connectivity index (χ4n) is 2.91. The Labute approximate surface area is 90.8 Å². The number of imide groups is 1. The first-order valence-electron chi connectivity index (χ1n) is 5.92. The molecule has 0 N–H and O–H groups in total. The quantitative estimate of drug-likeness (QED) is 0.573. The van der Waals surface area contributed by atoms with E-state index in [0.29, 0.717) is 12.8 Å². The second-order valence-electron chi connectivity index (χ2n) is 5.11. The van der Waals surface area contributed by atoms with Gasteiger partial charge in [0.15, 0.2) is 0 Å². The Morgan fingerprint density at radius 1 is 0.933 bits per heavy atom. The van der Waals surface area contributed by atoms with Crippen LogP contribution in [0.4, 0.5) is 0 Å². The van der Waals surface area contributed by atoms with Crippen molar-refractivity contribution in [3.63, 3.8) is 0 Å². The minimum absolute atomic E-state index is 0.0214. The van der Waals surface area contributed by atoms with Crippen molar-refractivity contribution >= 4 is 11.8 Å². The first-order valence-corrected chi connectivity index (χ1v) is 5.92. The molecule has 2 fully saturated rings. The lowest BCUT2D eigenvalue weighted by atomic mass is 9.72. The van der Waals surface area contributed by atoms with E-state index in [2.05, 4.69) is 0 Å². The van der Waals surface area contributed by atoms with Crippen LogP contribution in [0, 0.1) is 5.41 Å². The van der Waals surface area contributed by atoms with E-state index in [1.165, 1.54) is 30.6 Å². The van der Waals surface area contributed by atoms with Gasteiger partial charge in [-0.05, 0) is 18.3 Å². The summed E-state index contributed by atoms with van der Waals surface area (Å²) in [5.41, 5.74) is 0.0250. The fraction of sp³-hybridized carbons (Fsp3) is 0.833. The highest BCUT2D eigenvalue weighted by molar-refractivity contribution is 5.98. The van der Waals surface area contributed by atoms with Crippen molar-refractivity contribution in [1.29, 1.82) is 0 Å². The van der Waals surface area contributed by atoms with Crippen LogP contribution in [0.2, 0.25) is 0 Å². The number of amides is 2. The third-order valence-corrected chi connectivity index (χ3v) is 3.96. The van der Waals surface area contributed by atoms with Gasteiger partial charge < -0.3 is 0 Å². The van der Waals surface area contributed by atoms with Crippen molar-refractivity contribution < 1.29 is 9.59 Å². The third-order valence-electron chi connectivity index (χ3n) is 3.96. The molecule has 0 aromatic heterocycles. The summed E-state index contributed by atoms with van der Waals surface area (Å²) in [6.07, 6.45) is 8.22. The maximum absolute atomic E-state index is 11.7. The van der Waals surface area contributed by atoms with E-state index < -0.39 is 0 Å². The summed E-state index contributed by atoms with van der Waals surface area (Å²) in [6.45, 7) is 0. The summed E-state index contributed by atoms with van der Waals surface area (Å²) >= 11 is 0. The van der Waals surface area contributed by atoms with Crippen LogP contribution in [0.25, 0.3) is 0 Å². The molecule has 2 amide bonds. The summed E-state index contributed by atoms with van der Waals surface area (Å²) in [4.78, 5) is 24.7. The molecule has 15 heavy (non-hydrogen) atoms. The summed E-state index contributed by atoms with van der Waals surface area (Å²) < 4.78 is 0. The lowest BCUT2D eigenvalue weighted by Crippen LogP contribution is -2.45. The molecule has 0 aromatic carbocycles. The average Bonchev–Trinajstić information content (AvgIpc) is 2.40. The average molecular weight is 209 g/mol. The van der Waals surface area contributed by atoms with Gasteiger partial charge in [-0.2, -0.15) is 0 Å². The monoisotopic (exact) mass is 209 g/mol. The minimum atomic E-state index is 0.0214. The zero-order chi connectivity index (χ0) is 10.9. The van der Waals surface area contributed by atoms with Crippen molar-refractivity contribution in [2.75, 3.05) is 7.05 Å². The molecule has 1 spiro atoms. The Balaban J connectivity index is 2.14. The summed E-state index contributed by atoms with van der Waals surface area (Å²) in [6, 6.07) is 0. The molecule has 3 nitrogen and oxygen atoms in total. The van der Waals surface area contributed by atoms with Crippen LogP contribution in [0.3, 0.4) is 0 Å². The molecule has 0 unspecified atom stereocenters. The maximum Gasteiger partial charge on any atom is 0.229 e. The summed E-state index contributed by atoms with van der Waals surface area (Å²) in [7, 11) is 1.61. The fourth-order valence-corrected chi connectivity index (χ4v) is 2.91. The minimum Gasteiger partial charge on any atom is -0.286 e. The van der Waals surface area contributed by atoms with Gasteiger partial charge in [0.05, 0.1) is 0 Å². The highest BCUT2D eigenvalue weighted by atomic mass is 16.2. The highest BCUT2D eigenvalue weighted by Crippen LogP contribution is 2.43. The number of piperidine rings is 1. The zero-order valence-electron chi connectivity index (χ0n) is 9.42. The molecule has 0 radical (unpaired) electrons. The van der Waals surface area contributed by atoms with Gasteiger partial charge in [0.2, 0.25) is 11.8 Å². The number of carbonyl (C=O) groups is 2. The maximum atomic E-state index is 11.7. The van der Waals surface area contributed by atoms with E-state index in [0.717, 1.165) is 12.8 Å². The molecule has 1 aliphatic heterocycles. The van der Waals surface area contributed by atoms with E-state index in [1.807, 2.05) is 0 Å². The second-order valence-corrected chi connectivity index (χ2v) is 5.11. The Morgan fingerprint density at radius 3 is 1.87 bits per heavy atom. The normalized spacial score (nSPS) is 26.9. The Hall–Kier alpha value is -0.860. The Morgan fingerprint density at radius 2 is 1.40 bits per heavy atom. The molecular formula is C12H19NO2. The molecule has 3 heteroatoms. The molecule has 1 saturated carbocycles. The zero-order valence-corrected chi connectivity index (χ0v) is 9.42. The summed E-state index contributed by atoms with van der Waals surface area (Å²) in [5, 5.41) is 0. The van der Waals surface area contributed by atoms with Gasteiger partial charge in [0.25, 0.3) is 0 Å². The van der Waals surface area contributed by atoms with Crippen molar-refractivity contribution in [2.24, 2.45) is 5.41 Å². The first-order chi connectivity index (χ1) is 7.13. The topological polar surface area (TPSA) is 37.4 Å². The SMILES string of the molecule is CN1C(=O)CC2(CCCCCC2)CC1=O. The van der Waals surface area contributed by atoms with E-state index in [1.54, 1.807) is 7.05 Å². The number of rotatable bonds is 0. The molecule has 2 aliphatic rings. The molecular weight excluding hydrogens is 190 g/mol. The molecule has 0 aromatic rings. The van der Waals surface area contributed by atoms with Crippen LogP contribution in [-0.4, -0.2) is 23.8 Å². The van der Waals surface area contributed by atoms with E-state index in [4.69, 9.17) is 0 Å². The predicted molar refractivity (Wildman–Crippen MR) is 57.1 cm³/mol. The number of hydrogen-bond acceptors (Lipinski definition) is 2. The predicted octanol–water partition coefficient (Wildman–Crippen LogP) is 2.11. The largest absolute Gasteiger partial charge is 0.286 e. The van der Waals surface area contributed by atoms with Gasteiger partial charge in [0.1, 0.15) is 0 Å². The lowest BCUT2D eigenvalue weighted by Gasteiger charge is -2.38. The molecule has 2 rings (SSSR count). The van der Waals surface area contributed by atoms with Gasteiger partial charge >= 0.3 is 0 Å². The first kappa shape index (κ1) is 10.7. The Bertz CT molecular complexity index is 257. The van der Waals surface area contributed by atoms with Crippen LogP contribution >= 0.6 is 0 Å². The van der Waals surface area contributed by atoms with Crippen LogP contribution in [0.1, 0.15) is 51.4 Å². The standard InChI is InChI=1S/C12H19NO2/c1-13-10(14)8-12(9-11(13)15)6-4-2-3-5-7-12/h2-9H2,1H3. The molecule has 1 aliphatic carbocycles.